The molecule has 2 rings (SSSR count). The molecule has 0 atom stereocenters. The number of halogens is 4. The molecule has 0 spiro atoms. The maximum Gasteiger partial charge on any atom is 0.419 e. The second-order valence-corrected chi connectivity index (χ2v) is 5.09. The van der Waals surface area contributed by atoms with Gasteiger partial charge in [-0.1, -0.05) is 0 Å². The minimum Gasteiger partial charge on any atom is -0.488 e. The summed E-state index contributed by atoms with van der Waals surface area (Å²) in [6, 6.07) is 4.87. The first kappa shape index (κ1) is 15.5. The Kier molecular flexibility index (Phi) is 4.62. The predicted molar refractivity (Wildman–Crippen MR) is 73.1 cm³/mol. The van der Waals surface area contributed by atoms with Crippen LogP contribution < -0.4 is 4.74 Å². The van der Waals surface area contributed by atoms with Crippen molar-refractivity contribution >= 4 is 22.2 Å². The average Bonchev–Trinajstić information content (AvgIpc) is 2.44. The van der Waals surface area contributed by atoms with Gasteiger partial charge in [0.15, 0.2) is 0 Å². The molecule has 0 aliphatic heterocycles. The highest BCUT2D eigenvalue weighted by Crippen LogP contribution is 2.37. The van der Waals surface area contributed by atoms with E-state index in [1.807, 2.05) is 0 Å². The van der Waals surface area contributed by atoms with Crippen LogP contribution in [0, 0.1) is 0 Å². The van der Waals surface area contributed by atoms with Crippen molar-refractivity contribution in [1.29, 1.82) is 0 Å². The van der Waals surface area contributed by atoms with Gasteiger partial charge in [-0.15, -0.1) is 0 Å². The van der Waals surface area contributed by atoms with Crippen molar-refractivity contribution in [1.82, 2.24) is 4.98 Å². The quantitative estimate of drug-likeness (QED) is 0.765. The second-order valence-electron chi connectivity index (χ2n) is 4.17. The molecule has 0 fully saturated rings. The summed E-state index contributed by atoms with van der Waals surface area (Å²) in [5.74, 6) is -0.326. The van der Waals surface area contributed by atoms with Gasteiger partial charge in [0.2, 0.25) is 0 Å². The van der Waals surface area contributed by atoms with E-state index in [0.29, 0.717) is 16.3 Å². The number of aldehydes is 1. The normalized spacial score (nSPS) is 11.2. The van der Waals surface area contributed by atoms with Gasteiger partial charge in [-0.25, -0.2) is 0 Å². The highest BCUT2D eigenvalue weighted by Gasteiger charge is 2.34. The molecule has 0 aliphatic rings. The first-order chi connectivity index (χ1) is 9.90. The first-order valence-electron chi connectivity index (χ1n) is 5.79. The van der Waals surface area contributed by atoms with Crippen molar-refractivity contribution in [3.63, 3.8) is 0 Å². The third-order valence-electron chi connectivity index (χ3n) is 2.60. The summed E-state index contributed by atoms with van der Waals surface area (Å²) < 4.78 is 44.7. The molecule has 2 aromatic rings. The van der Waals surface area contributed by atoms with Crippen LogP contribution in [0.1, 0.15) is 21.5 Å². The van der Waals surface area contributed by atoms with Gasteiger partial charge in [-0.2, -0.15) is 13.2 Å². The lowest BCUT2D eigenvalue weighted by Crippen LogP contribution is -2.09. The van der Waals surface area contributed by atoms with E-state index in [1.54, 1.807) is 12.3 Å². The molecule has 0 saturated heterocycles. The fourth-order valence-electron chi connectivity index (χ4n) is 1.66. The van der Waals surface area contributed by atoms with E-state index in [-0.39, 0.29) is 17.9 Å². The van der Waals surface area contributed by atoms with Gasteiger partial charge >= 0.3 is 6.18 Å². The van der Waals surface area contributed by atoms with Gasteiger partial charge in [0.05, 0.1) is 5.56 Å². The number of benzene rings is 1. The largest absolute Gasteiger partial charge is 0.488 e. The van der Waals surface area contributed by atoms with Crippen LogP contribution in [0.4, 0.5) is 13.2 Å². The van der Waals surface area contributed by atoms with Crippen molar-refractivity contribution in [2.45, 2.75) is 12.8 Å². The number of carbonyl (C=O) groups excluding carboxylic acids is 1. The second kappa shape index (κ2) is 6.26. The van der Waals surface area contributed by atoms with Gasteiger partial charge in [0.1, 0.15) is 18.6 Å². The molecule has 0 bridgehead atoms. The van der Waals surface area contributed by atoms with Crippen molar-refractivity contribution in [2.75, 3.05) is 0 Å². The standard InChI is InChI=1S/C14H9BrF3NO2/c15-11-3-10(5-19-6-11)8-21-13-2-1-9(7-20)4-12(13)14(16,17)18/h1-7H,8H2. The lowest BCUT2D eigenvalue weighted by atomic mass is 10.1. The Morgan fingerprint density at radius 1 is 1.24 bits per heavy atom. The summed E-state index contributed by atoms with van der Waals surface area (Å²) in [7, 11) is 0. The van der Waals surface area contributed by atoms with Crippen molar-refractivity contribution in [3.8, 4) is 5.75 Å². The van der Waals surface area contributed by atoms with Gasteiger partial charge in [0.25, 0.3) is 0 Å². The topological polar surface area (TPSA) is 39.2 Å². The Bertz CT molecular complexity index is 659. The molecule has 0 amide bonds. The molecule has 7 heteroatoms. The molecule has 1 aromatic carbocycles. The highest BCUT2D eigenvalue weighted by atomic mass is 79.9. The third-order valence-corrected chi connectivity index (χ3v) is 3.03. The number of alkyl halides is 3. The Morgan fingerprint density at radius 2 is 2.00 bits per heavy atom. The van der Waals surface area contributed by atoms with E-state index in [2.05, 4.69) is 20.9 Å². The summed E-state index contributed by atoms with van der Waals surface area (Å²) in [5, 5.41) is 0. The molecule has 0 N–H and O–H groups in total. The zero-order valence-corrected chi connectivity index (χ0v) is 12.1. The Labute approximate surface area is 126 Å². The molecule has 110 valence electrons. The SMILES string of the molecule is O=Cc1ccc(OCc2cncc(Br)c2)c(C(F)(F)F)c1. The molecule has 0 aliphatic carbocycles. The summed E-state index contributed by atoms with van der Waals surface area (Å²) in [5.41, 5.74) is -0.411. The monoisotopic (exact) mass is 359 g/mol. The van der Waals surface area contributed by atoms with Crippen LogP contribution in [-0.4, -0.2) is 11.3 Å². The molecular weight excluding hydrogens is 351 g/mol. The van der Waals surface area contributed by atoms with E-state index in [0.717, 1.165) is 12.1 Å². The van der Waals surface area contributed by atoms with E-state index >= 15 is 0 Å². The summed E-state index contributed by atoms with van der Waals surface area (Å²) in [6.45, 7) is -0.0596. The van der Waals surface area contributed by atoms with Crippen LogP contribution in [0.3, 0.4) is 0 Å². The van der Waals surface area contributed by atoms with Gasteiger partial charge in [0, 0.05) is 28.0 Å². The number of rotatable bonds is 4. The van der Waals surface area contributed by atoms with Crippen LogP contribution in [0.5, 0.6) is 5.75 Å². The summed E-state index contributed by atoms with van der Waals surface area (Å²) in [6.07, 6.45) is -1.18. The van der Waals surface area contributed by atoms with Crippen LogP contribution in [0.2, 0.25) is 0 Å². The lowest BCUT2D eigenvalue weighted by Gasteiger charge is -2.14. The average molecular weight is 360 g/mol. The molecule has 1 heterocycles. The van der Waals surface area contributed by atoms with Gasteiger partial charge in [-0.3, -0.25) is 9.78 Å². The van der Waals surface area contributed by atoms with Crippen LogP contribution in [0.25, 0.3) is 0 Å². The molecule has 0 unspecified atom stereocenters. The van der Waals surface area contributed by atoms with Gasteiger partial charge in [-0.05, 0) is 40.2 Å². The van der Waals surface area contributed by atoms with Crippen LogP contribution >= 0.6 is 15.9 Å². The van der Waals surface area contributed by atoms with Crippen LogP contribution in [0.15, 0.2) is 41.1 Å². The Morgan fingerprint density at radius 3 is 2.62 bits per heavy atom. The molecule has 0 radical (unpaired) electrons. The number of nitrogens with zero attached hydrogens (tertiary/aromatic N) is 1. The zero-order valence-electron chi connectivity index (χ0n) is 10.5. The minimum absolute atomic E-state index is 0.0567. The zero-order chi connectivity index (χ0) is 15.5. The van der Waals surface area contributed by atoms with E-state index < -0.39 is 11.7 Å². The maximum absolute atomic E-state index is 12.9. The Balaban J connectivity index is 2.25. The highest BCUT2D eigenvalue weighted by molar-refractivity contribution is 9.10. The number of hydrogen-bond acceptors (Lipinski definition) is 3. The summed E-state index contributed by atoms with van der Waals surface area (Å²) >= 11 is 3.22. The number of aromatic nitrogens is 1. The summed E-state index contributed by atoms with van der Waals surface area (Å²) in [4.78, 5) is 14.5. The van der Waals surface area contributed by atoms with Crippen molar-refractivity contribution in [2.24, 2.45) is 0 Å². The number of pyridine rings is 1. The predicted octanol–water partition coefficient (Wildman–Crippen LogP) is 4.25. The molecule has 21 heavy (non-hydrogen) atoms. The lowest BCUT2D eigenvalue weighted by molar-refractivity contribution is -0.139. The van der Waals surface area contributed by atoms with Crippen LogP contribution in [-0.2, 0) is 12.8 Å². The molecule has 1 aromatic heterocycles. The smallest absolute Gasteiger partial charge is 0.419 e. The number of ether oxygens (including phenoxy) is 1. The number of carbonyl (C=O) groups is 1. The maximum atomic E-state index is 12.9. The van der Waals surface area contributed by atoms with Crippen molar-refractivity contribution < 1.29 is 22.7 Å². The molecular formula is C14H9BrF3NO2. The van der Waals surface area contributed by atoms with E-state index in [1.165, 1.54) is 12.3 Å². The molecule has 0 saturated carbocycles. The van der Waals surface area contributed by atoms with E-state index in [4.69, 9.17) is 4.74 Å². The van der Waals surface area contributed by atoms with E-state index in [9.17, 15) is 18.0 Å². The molecule has 3 nitrogen and oxygen atoms in total. The van der Waals surface area contributed by atoms with Gasteiger partial charge < -0.3 is 4.74 Å². The third kappa shape index (κ3) is 4.04. The first-order valence-corrected chi connectivity index (χ1v) is 6.58. The Hall–Kier alpha value is -1.89. The number of hydrogen-bond donors (Lipinski definition) is 0. The van der Waals surface area contributed by atoms with Crippen molar-refractivity contribution in [3.05, 3.63) is 57.8 Å². The fourth-order valence-corrected chi connectivity index (χ4v) is 2.08. The fraction of sp³-hybridized carbons (Fsp3) is 0.143. The minimum atomic E-state index is -4.59.